The van der Waals surface area contributed by atoms with Gasteiger partial charge in [-0.25, -0.2) is 0 Å². The predicted octanol–water partition coefficient (Wildman–Crippen LogP) is 7.54. The summed E-state index contributed by atoms with van der Waals surface area (Å²) < 4.78 is 0. The first-order valence-corrected chi connectivity index (χ1v) is 9.70. The van der Waals surface area contributed by atoms with Gasteiger partial charge in [0, 0.05) is 0 Å². The molecule has 1 saturated carbocycles. The zero-order valence-electron chi connectivity index (χ0n) is 15.1. The van der Waals surface area contributed by atoms with Gasteiger partial charge in [0.2, 0.25) is 0 Å². The van der Waals surface area contributed by atoms with Gasteiger partial charge in [-0.2, -0.15) is 0 Å². The fourth-order valence-corrected chi connectivity index (χ4v) is 3.58. The Kier molecular flexibility index (Phi) is 8.21. The summed E-state index contributed by atoms with van der Waals surface area (Å²) in [4.78, 5) is 0. The average molecular weight is 311 g/mol. The maximum atomic E-state index is 2.35. The minimum atomic E-state index is 0.575. The molecular weight excluding hydrogens is 276 g/mol. The van der Waals surface area contributed by atoms with Crippen molar-refractivity contribution >= 4 is 0 Å². The zero-order valence-corrected chi connectivity index (χ0v) is 15.1. The van der Waals surface area contributed by atoms with Crippen molar-refractivity contribution < 1.29 is 0 Å². The molecule has 0 N–H and O–H groups in total. The summed E-state index contributed by atoms with van der Waals surface area (Å²) in [6.07, 6.45) is 12.7. The number of rotatable bonds is 2. The minimum Gasteiger partial charge on any atom is -0.0620 e. The Labute approximate surface area is 143 Å². The molecule has 2 rings (SSSR count). The smallest absolute Gasteiger partial charge is 0.0162 e. The van der Waals surface area contributed by atoms with Crippen LogP contribution in [0, 0.1) is 0 Å². The van der Waals surface area contributed by atoms with Crippen LogP contribution >= 0.6 is 0 Å². The van der Waals surface area contributed by atoms with E-state index >= 15 is 0 Å². The molecule has 1 aromatic carbocycles. The maximum absolute atomic E-state index is 2.35. The summed E-state index contributed by atoms with van der Waals surface area (Å²) in [6.45, 7) is 4.50. The molecule has 0 spiro atoms. The van der Waals surface area contributed by atoms with Gasteiger partial charge in [-0.15, -0.1) is 0 Å². The Hall–Kier alpha value is -1.30. The molecule has 1 aromatic rings. The van der Waals surface area contributed by atoms with Gasteiger partial charge in [0.1, 0.15) is 0 Å². The van der Waals surface area contributed by atoms with Crippen LogP contribution in [0.5, 0.6) is 0 Å². The summed E-state index contributed by atoms with van der Waals surface area (Å²) >= 11 is 0. The van der Waals surface area contributed by atoms with E-state index in [1.165, 1.54) is 68.9 Å². The second kappa shape index (κ2) is 10.5. The lowest BCUT2D eigenvalue weighted by molar-refractivity contribution is 0.463. The van der Waals surface area contributed by atoms with Gasteiger partial charge in [-0.3, -0.25) is 0 Å². The van der Waals surface area contributed by atoms with E-state index in [2.05, 4.69) is 62.4 Å². The molecule has 1 aliphatic carbocycles. The van der Waals surface area contributed by atoms with E-state index in [0.717, 1.165) is 5.92 Å². The topological polar surface area (TPSA) is 0 Å². The molecule has 0 nitrogen and oxygen atoms in total. The van der Waals surface area contributed by atoms with Gasteiger partial charge in [0.25, 0.3) is 0 Å². The first-order valence-electron chi connectivity index (χ1n) is 9.70. The molecule has 0 bridgehead atoms. The van der Waals surface area contributed by atoms with E-state index in [1.807, 2.05) is 0 Å². The van der Waals surface area contributed by atoms with Crippen molar-refractivity contribution in [3.05, 3.63) is 59.7 Å². The second-order valence-electron chi connectivity index (χ2n) is 7.34. The van der Waals surface area contributed by atoms with Crippen molar-refractivity contribution in [1.29, 1.82) is 0 Å². The van der Waals surface area contributed by atoms with Crippen LogP contribution in [0.25, 0.3) is 0 Å². The van der Waals surface area contributed by atoms with Gasteiger partial charge in [0.05, 0.1) is 0 Å². The summed E-state index contributed by atoms with van der Waals surface area (Å²) in [5.41, 5.74) is 2.91. The van der Waals surface area contributed by atoms with Gasteiger partial charge in [0.15, 0.2) is 0 Å². The van der Waals surface area contributed by atoms with Crippen molar-refractivity contribution in [3.63, 3.8) is 0 Å². The van der Waals surface area contributed by atoms with Crippen LogP contribution in [-0.4, -0.2) is 0 Å². The third kappa shape index (κ3) is 6.77. The molecule has 0 unspecified atom stereocenters. The molecular formula is C23H34. The maximum Gasteiger partial charge on any atom is -0.0162 e. The Morgan fingerprint density at radius 1 is 0.652 bits per heavy atom. The SMILES string of the molecule is CC(C)c1ccccc(C2CCCCCCCCC2)cccc1. The summed E-state index contributed by atoms with van der Waals surface area (Å²) in [5, 5.41) is 0. The highest BCUT2D eigenvalue weighted by Gasteiger charge is 2.11. The van der Waals surface area contributed by atoms with E-state index in [1.54, 1.807) is 0 Å². The highest BCUT2D eigenvalue weighted by Crippen LogP contribution is 2.29. The molecule has 0 aliphatic heterocycles. The van der Waals surface area contributed by atoms with Gasteiger partial charge >= 0.3 is 0 Å². The van der Waals surface area contributed by atoms with Crippen LogP contribution in [0.15, 0.2) is 48.5 Å². The Bertz CT molecular complexity index is 461. The standard InChI is InChI=1S/C23H34/c1-20(2)21-14-10-12-18-23(19-13-11-15-21)22-16-8-6-4-3-5-7-9-17-22/h10-15,18-20,22H,3-9,16-17H2,1-2H3. The quantitative estimate of drug-likeness (QED) is 0.529. The lowest BCUT2D eigenvalue weighted by Crippen LogP contribution is -2.00. The first kappa shape index (κ1) is 18.0. The van der Waals surface area contributed by atoms with Gasteiger partial charge in [-0.05, 0) is 35.8 Å². The van der Waals surface area contributed by atoms with E-state index in [0.29, 0.717) is 5.92 Å². The molecule has 0 saturated heterocycles. The minimum absolute atomic E-state index is 0.575. The third-order valence-corrected chi connectivity index (χ3v) is 5.12. The summed E-state index contributed by atoms with van der Waals surface area (Å²) in [7, 11) is 0. The highest BCUT2D eigenvalue weighted by atomic mass is 14.2. The molecule has 0 amide bonds. The summed E-state index contributed by atoms with van der Waals surface area (Å²) in [6, 6.07) is 18.1. The fraction of sp³-hybridized carbons (Fsp3) is 0.565. The molecule has 0 radical (unpaired) electrons. The molecule has 1 fully saturated rings. The molecule has 0 heteroatoms. The van der Waals surface area contributed by atoms with E-state index in [4.69, 9.17) is 0 Å². The third-order valence-electron chi connectivity index (χ3n) is 5.12. The Morgan fingerprint density at radius 3 is 1.57 bits per heavy atom. The monoisotopic (exact) mass is 310 g/mol. The Balaban J connectivity index is 2.18. The highest BCUT2D eigenvalue weighted by molar-refractivity contribution is 5.20. The van der Waals surface area contributed by atoms with Crippen LogP contribution in [0.4, 0.5) is 0 Å². The lowest BCUT2D eigenvalue weighted by Gasteiger charge is -2.18. The molecule has 23 heavy (non-hydrogen) atoms. The molecule has 1 aliphatic rings. The van der Waals surface area contributed by atoms with Crippen molar-refractivity contribution in [2.75, 3.05) is 0 Å². The van der Waals surface area contributed by atoms with Gasteiger partial charge < -0.3 is 0 Å². The van der Waals surface area contributed by atoms with Crippen molar-refractivity contribution in [2.24, 2.45) is 0 Å². The molecule has 0 aromatic heterocycles. The lowest BCUT2D eigenvalue weighted by atomic mass is 9.87. The normalized spacial score (nSPS) is 17.5. The van der Waals surface area contributed by atoms with E-state index in [-0.39, 0.29) is 0 Å². The van der Waals surface area contributed by atoms with Gasteiger partial charge in [-0.1, -0.05) is 107 Å². The van der Waals surface area contributed by atoms with E-state index < -0.39 is 0 Å². The average Bonchev–Trinajstić information content (AvgIpc) is 2.56. The van der Waals surface area contributed by atoms with E-state index in [9.17, 15) is 0 Å². The first-order chi connectivity index (χ1) is 11.3. The van der Waals surface area contributed by atoms with Crippen LogP contribution in [0.2, 0.25) is 0 Å². The number of hydrogen-bond donors (Lipinski definition) is 0. The molecule has 126 valence electrons. The molecule has 0 atom stereocenters. The summed E-state index contributed by atoms with van der Waals surface area (Å²) in [5.74, 6) is 1.32. The predicted molar refractivity (Wildman–Crippen MR) is 102 cm³/mol. The van der Waals surface area contributed by atoms with Crippen molar-refractivity contribution in [3.8, 4) is 0 Å². The fourth-order valence-electron chi connectivity index (χ4n) is 3.58. The van der Waals surface area contributed by atoms with Crippen LogP contribution in [0.1, 0.15) is 94.6 Å². The largest absolute Gasteiger partial charge is 0.0620 e. The zero-order chi connectivity index (χ0) is 16.3. The van der Waals surface area contributed by atoms with Crippen molar-refractivity contribution in [2.45, 2.75) is 83.5 Å². The number of hydrogen-bond acceptors (Lipinski definition) is 0. The van der Waals surface area contributed by atoms with Crippen LogP contribution in [-0.2, 0) is 0 Å². The Morgan fingerprint density at radius 2 is 1.09 bits per heavy atom. The second-order valence-corrected chi connectivity index (χ2v) is 7.34. The molecule has 0 heterocycles. The van der Waals surface area contributed by atoms with Crippen molar-refractivity contribution in [1.82, 2.24) is 0 Å². The van der Waals surface area contributed by atoms with Crippen LogP contribution in [0.3, 0.4) is 0 Å². The van der Waals surface area contributed by atoms with Crippen LogP contribution < -0.4 is 0 Å².